The van der Waals surface area contributed by atoms with Crippen molar-refractivity contribution in [2.45, 2.75) is 32.1 Å². The van der Waals surface area contributed by atoms with Gasteiger partial charge in [0.05, 0.1) is 6.61 Å². The molecular formula is C15H28N2O. The third-order valence-corrected chi connectivity index (χ3v) is 4.20. The van der Waals surface area contributed by atoms with Gasteiger partial charge in [0.1, 0.15) is 0 Å². The molecule has 2 aliphatic heterocycles. The van der Waals surface area contributed by atoms with E-state index in [2.05, 4.69) is 16.3 Å². The number of nitrogens with one attached hydrogen (secondary N) is 1. The van der Waals surface area contributed by atoms with Gasteiger partial charge in [-0.1, -0.05) is 6.08 Å². The standard InChI is InChI=1S/C15H28N2O/c1-18-13-15-6-10-17(11-7-15)9-3-5-14-4-2-8-16-12-14/h6,14,16H,2-5,7-13H2,1H3. The zero-order valence-corrected chi connectivity index (χ0v) is 11.8. The van der Waals surface area contributed by atoms with Gasteiger partial charge < -0.3 is 10.1 Å². The fourth-order valence-corrected chi connectivity index (χ4v) is 3.05. The van der Waals surface area contributed by atoms with Gasteiger partial charge in [0.25, 0.3) is 0 Å². The summed E-state index contributed by atoms with van der Waals surface area (Å²) in [6, 6.07) is 0. The monoisotopic (exact) mass is 252 g/mol. The van der Waals surface area contributed by atoms with Crippen molar-refractivity contribution in [2.75, 3.05) is 46.4 Å². The second-order valence-corrected chi connectivity index (χ2v) is 5.70. The molecule has 0 saturated carbocycles. The predicted octanol–water partition coefficient (Wildman–Crippen LogP) is 2.04. The van der Waals surface area contributed by atoms with Crippen LogP contribution in [0.4, 0.5) is 0 Å². The molecule has 1 atom stereocenters. The highest BCUT2D eigenvalue weighted by Crippen LogP contribution is 2.17. The van der Waals surface area contributed by atoms with Crippen molar-refractivity contribution in [1.82, 2.24) is 10.2 Å². The summed E-state index contributed by atoms with van der Waals surface area (Å²) in [5.41, 5.74) is 1.48. The second-order valence-electron chi connectivity index (χ2n) is 5.70. The lowest BCUT2D eigenvalue weighted by Crippen LogP contribution is -2.32. The van der Waals surface area contributed by atoms with E-state index in [1.807, 2.05) is 0 Å². The topological polar surface area (TPSA) is 24.5 Å². The van der Waals surface area contributed by atoms with Crippen LogP contribution in [-0.4, -0.2) is 51.3 Å². The molecule has 0 radical (unpaired) electrons. The van der Waals surface area contributed by atoms with Crippen molar-refractivity contribution < 1.29 is 4.74 Å². The lowest BCUT2D eigenvalue weighted by molar-refractivity contribution is 0.209. The van der Waals surface area contributed by atoms with E-state index >= 15 is 0 Å². The first-order valence-corrected chi connectivity index (χ1v) is 7.48. The van der Waals surface area contributed by atoms with Gasteiger partial charge in [-0.15, -0.1) is 0 Å². The highest BCUT2D eigenvalue weighted by atomic mass is 16.5. The van der Waals surface area contributed by atoms with Gasteiger partial charge in [-0.3, -0.25) is 4.90 Å². The van der Waals surface area contributed by atoms with E-state index in [1.165, 1.54) is 63.9 Å². The molecule has 0 amide bonds. The summed E-state index contributed by atoms with van der Waals surface area (Å²) in [6.45, 7) is 6.92. The van der Waals surface area contributed by atoms with E-state index in [4.69, 9.17) is 4.74 Å². The first-order valence-electron chi connectivity index (χ1n) is 7.48. The third kappa shape index (κ3) is 4.71. The highest BCUT2D eigenvalue weighted by molar-refractivity contribution is 5.07. The zero-order chi connectivity index (χ0) is 12.6. The predicted molar refractivity (Wildman–Crippen MR) is 75.8 cm³/mol. The summed E-state index contributed by atoms with van der Waals surface area (Å²) >= 11 is 0. The Morgan fingerprint density at radius 3 is 3.11 bits per heavy atom. The summed E-state index contributed by atoms with van der Waals surface area (Å²) < 4.78 is 5.18. The van der Waals surface area contributed by atoms with Gasteiger partial charge in [-0.25, -0.2) is 0 Å². The number of nitrogens with zero attached hydrogens (tertiary/aromatic N) is 1. The van der Waals surface area contributed by atoms with Gasteiger partial charge in [-0.05, 0) is 63.2 Å². The largest absolute Gasteiger partial charge is 0.380 e. The Balaban J connectivity index is 1.57. The van der Waals surface area contributed by atoms with Gasteiger partial charge >= 0.3 is 0 Å². The Morgan fingerprint density at radius 2 is 2.44 bits per heavy atom. The molecule has 104 valence electrons. The first-order chi connectivity index (χ1) is 8.88. The molecule has 0 spiro atoms. The van der Waals surface area contributed by atoms with Crippen molar-refractivity contribution in [3.05, 3.63) is 11.6 Å². The van der Waals surface area contributed by atoms with Crippen LogP contribution in [0.2, 0.25) is 0 Å². The zero-order valence-electron chi connectivity index (χ0n) is 11.8. The van der Waals surface area contributed by atoms with Gasteiger partial charge in [0.15, 0.2) is 0 Å². The number of ether oxygens (including phenoxy) is 1. The minimum absolute atomic E-state index is 0.821. The highest BCUT2D eigenvalue weighted by Gasteiger charge is 2.14. The minimum Gasteiger partial charge on any atom is -0.380 e. The van der Waals surface area contributed by atoms with E-state index in [-0.39, 0.29) is 0 Å². The van der Waals surface area contributed by atoms with Crippen LogP contribution < -0.4 is 5.32 Å². The molecule has 1 unspecified atom stereocenters. The Hall–Kier alpha value is -0.380. The molecule has 2 heterocycles. The average Bonchev–Trinajstić information content (AvgIpc) is 2.42. The molecule has 3 heteroatoms. The van der Waals surface area contributed by atoms with Crippen molar-refractivity contribution >= 4 is 0 Å². The molecule has 2 aliphatic rings. The molecule has 1 N–H and O–H groups in total. The van der Waals surface area contributed by atoms with Crippen molar-refractivity contribution in [3.63, 3.8) is 0 Å². The summed E-state index contributed by atoms with van der Waals surface area (Å²) in [5, 5.41) is 3.51. The van der Waals surface area contributed by atoms with Crippen molar-refractivity contribution in [3.8, 4) is 0 Å². The number of methoxy groups -OCH3 is 1. The normalized spacial score (nSPS) is 26.1. The molecule has 2 rings (SSSR count). The molecule has 1 saturated heterocycles. The Bertz CT molecular complexity index is 259. The fraction of sp³-hybridized carbons (Fsp3) is 0.867. The summed E-state index contributed by atoms with van der Waals surface area (Å²) in [6.07, 6.45) is 9.12. The average molecular weight is 252 g/mol. The summed E-state index contributed by atoms with van der Waals surface area (Å²) in [7, 11) is 1.78. The van der Waals surface area contributed by atoms with Crippen molar-refractivity contribution in [2.24, 2.45) is 5.92 Å². The number of rotatable bonds is 6. The maximum atomic E-state index is 5.18. The van der Waals surface area contributed by atoms with Crippen LogP contribution in [0.15, 0.2) is 11.6 Å². The maximum Gasteiger partial charge on any atom is 0.0673 e. The molecule has 18 heavy (non-hydrogen) atoms. The summed E-state index contributed by atoms with van der Waals surface area (Å²) in [4.78, 5) is 2.58. The summed E-state index contributed by atoms with van der Waals surface area (Å²) in [5.74, 6) is 0.933. The lowest BCUT2D eigenvalue weighted by atomic mass is 9.94. The quantitative estimate of drug-likeness (QED) is 0.732. The van der Waals surface area contributed by atoms with Crippen LogP contribution in [0.25, 0.3) is 0 Å². The number of hydrogen-bond acceptors (Lipinski definition) is 3. The third-order valence-electron chi connectivity index (χ3n) is 4.20. The molecule has 0 aromatic rings. The molecule has 0 bridgehead atoms. The Kier molecular flexibility index (Phi) is 6.18. The van der Waals surface area contributed by atoms with E-state index in [1.54, 1.807) is 7.11 Å². The van der Waals surface area contributed by atoms with Crippen LogP contribution in [0, 0.1) is 5.92 Å². The Morgan fingerprint density at radius 1 is 1.50 bits per heavy atom. The lowest BCUT2D eigenvalue weighted by Gasteiger charge is -2.27. The molecular weight excluding hydrogens is 224 g/mol. The van der Waals surface area contributed by atoms with Gasteiger partial charge in [0, 0.05) is 20.2 Å². The number of piperidine rings is 1. The van der Waals surface area contributed by atoms with E-state index in [0.29, 0.717) is 0 Å². The molecule has 3 nitrogen and oxygen atoms in total. The van der Waals surface area contributed by atoms with Gasteiger partial charge in [-0.2, -0.15) is 0 Å². The number of hydrogen-bond donors (Lipinski definition) is 1. The first kappa shape index (κ1) is 14.0. The maximum absolute atomic E-state index is 5.18. The van der Waals surface area contributed by atoms with Crippen LogP contribution >= 0.6 is 0 Å². The molecule has 1 fully saturated rings. The molecule has 0 aromatic carbocycles. The smallest absolute Gasteiger partial charge is 0.0673 e. The molecule has 0 aliphatic carbocycles. The fourth-order valence-electron chi connectivity index (χ4n) is 3.05. The van der Waals surface area contributed by atoms with Crippen molar-refractivity contribution in [1.29, 1.82) is 0 Å². The minimum atomic E-state index is 0.821. The van der Waals surface area contributed by atoms with Crippen LogP contribution in [0.1, 0.15) is 32.1 Å². The van der Waals surface area contributed by atoms with Crippen LogP contribution in [0.3, 0.4) is 0 Å². The van der Waals surface area contributed by atoms with E-state index < -0.39 is 0 Å². The van der Waals surface area contributed by atoms with E-state index in [0.717, 1.165) is 19.1 Å². The Labute approximate surface area is 112 Å². The van der Waals surface area contributed by atoms with E-state index in [9.17, 15) is 0 Å². The second kappa shape index (κ2) is 7.93. The van der Waals surface area contributed by atoms with Crippen LogP contribution in [-0.2, 0) is 4.74 Å². The van der Waals surface area contributed by atoms with Gasteiger partial charge in [0.2, 0.25) is 0 Å². The van der Waals surface area contributed by atoms with Crippen LogP contribution in [0.5, 0.6) is 0 Å². The molecule has 0 aromatic heterocycles. The SMILES string of the molecule is COCC1=CCN(CCCC2CCCNC2)CC1.